The number of piperazine rings is 1. The second-order valence-corrected chi connectivity index (χ2v) is 7.56. The normalized spacial score (nSPS) is 14.5. The average molecular weight is 436 g/mol. The molecule has 0 unspecified atom stereocenters. The van der Waals surface area contributed by atoms with E-state index >= 15 is 0 Å². The summed E-state index contributed by atoms with van der Waals surface area (Å²) in [6.07, 6.45) is 0. The van der Waals surface area contributed by atoms with Gasteiger partial charge in [0.1, 0.15) is 0 Å². The maximum Gasteiger partial charge on any atom is 0.340 e. The summed E-state index contributed by atoms with van der Waals surface area (Å²) in [7, 11) is 0. The first kappa shape index (κ1) is 21.4. The molecule has 0 bridgehead atoms. The lowest BCUT2D eigenvalue weighted by molar-refractivity contribution is -0.119. The van der Waals surface area contributed by atoms with E-state index in [1.54, 1.807) is 0 Å². The van der Waals surface area contributed by atoms with Gasteiger partial charge in [-0.25, -0.2) is 4.79 Å². The highest BCUT2D eigenvalue weighted by Crippen LogP contribution is 2.22. The van der Waals surface area contributed by atoms with Crippen LogP contribution in [-0.4, -0.2) is 56.1 Å². The van der Waals surface area contributed by atoms with E-state index in [-0.39, 0.29) is 10.6 Å². The third-order valence-corrected chi connectivity index (χ3v) is 5.37. The van der Waals surface area contributed by atoms with Crippen molar-refractivity contribution in [3.8, 4) is 0 Å². The van der Waals surface area contributed by atoms with Gasteiger partial charge in [-0.2, -0.15) is 0 Å². The summed E-state index contributed by atoms with van der Waals surface area (Å²) in [5.41, 5.74) is 1.94. The molecule has 8 heteroatoms. The summed E-state index contributed by atoms with van der Waals surface area (Å²) in [4.78, 5) is 28.9. The van der Waals surface area contributed by atoms with E-state index < -0.39 is 18.5 Å². The van der Waals surface area contributed by atoms with Gasteiger partial charge in [0.2, 0.25) is 0 Å². The van der Waals surface area contributed by atoms with Crippen LogP contribution in [0.4, 0.5) is 11.4 Å². The molecule has 1 heterocycles. The molecule has 1 amide bonds. The quantitative estimate of drug-likeness (QED) is 0.696. The van der Waals surface area contributed by atoms with Gasteiger partial charge in [0.05, 0.1) is 10.6 Å². The van der Waals surface area contributed by atoms with Crippen LogP contribution >= 0.6 is 23.2 Å². The molecule has 0 saturated carbocycles. The standard InChI is InChI=1S/C21H23Cl2N3O3/c1-2-25-9-11-26(12-10-25)17-6-4-16(5-7-17)24-20(27)14-29-21(28)18-8-3-15(22)13-19(18)23/h3-8,13H,2,9-12,14H2,1H3,(H,24,27). The minimum absolute atomic E-state index is 0.163. The Bertz CT molecular complexity index is 866. The summed E-state index contributed by atoms with van der Waals surface area (Å²) in [6.45, 7) is 6.93. The van der Waals surface area contributed by atoms with Crippen LogP contribution in [0.3, 0.4) is 0 Å². The van der Waals surface area contributed by atoms with E-state index in [0.29, 0.717) is 10.7 Å². The zero-order valence-electron chi connectivity index (χ0n) is 16.2. The number of anilines is 2. The summed E-state index contributed by atoms with van der Waals surface area (Å²) < 4.78 is 5.03. The molecule has 2 aromatic rings. The van der Waals surface area contributed by atoms with Crippen molar-refractivity contribution < 1.29 is 14.3 Å². The highest BCUT2D eigenvalue weighted by molar-refractivity contribution is 6.36. The average Bonchev–Trinajstić information content (AvgIpc) is 2.73. The number of halogens is 2. The zero-order valence-corrected chi connectivity index (χ0v) is 17.7. The number of hydrogen-bond donors (Lipinski definition) is 1. The van der Waals surface area contributed by atoms with Crippen LogP contribution < -0.4 is 10.2 Å². The Morgan fingerprint density at radius 3 is 2.34 bits per heavy atom. The largest absolute Gasteiger partial charge is 0.452 e. The lowest BCUT2D eigenvalue weighted by Crippen LogP contribution is -2.46. The summed E-state index contributed by atoms with van der Waals surface area (Å²) in [5.74, 6) is -1.10. The van der Waals surface area contributed by atoms with Gasteiger partial charge < -0.3 is 19.9 Å². The van der Waals surface area contributed by atoms with Crippen molar-refractivity contribution in [1.29, 1.82) is 0 Å². The molecule has 2 aromatic carbocycles. The molecule has 29 heavy (non-hydrogen) atoms. The van der Waals surface area contributed by atoms with Gasteiger partial charge in [-0.05, 0) is 49.0 Å². The number of carbonyl (C=O) groups excluding carboxylic acids is 2. The summed E-state index contributed by atoms with van der Waals surface area (Å²) in [6, 6.07) is 12.1. The number of amides is 1. The van der Waals surface area contributed by atoms with Crippen molar-refractivity contribution in [3.63, 3.8) is 0 Å². The Morgan fingerprint density at radius 1 is 1.03 bits per heavy atom. The molecule has 154 valence electrons. The number of carbonyl (C=O) groups is 2. The molecular weight excluding hydrogens is 413 g/mol. The second kappa shape index (κ2) is 9.96. The zero-order chi connectivity index (χ0) is 20.8. The number of benzene rings is 2. The summed E-state index contributed by atoms with van der Waals surface area (Å²) in [5, 5.41) is 3.32. The number of likely N-dealkylation sites (N-methyl/N-ethyl adjacent to an activating group) is 1. The predicted octanol–water partition coefficient (Wildman–Crippen LogP) is 3.93. The van der Waals surface area contributed by atoms with E-state index in [0.717, 1.165) is 38.4 Å². The minimum Gasteiger partial charge on any atom is -0.452 e. The van der Waals surface area contributed by atoms with Crippen molar-refractivity contribution in [1.82, 2.24) is 4.90 Å². The molecule has 0 spiro atoms. The fraction of sp³-hybridized carbons (Fsp3) is 0.333. The van der Waals surface area contributed by atoms with Crippen LogP contribution in [0.15, 0.2) is 42.5 Å². The molecule has 1 aliphatic rings. The van der Waals surface area contributed by atoms with Crippen LogP contribution in [0.2, 0.25) is 10.0 Å². The SMILES string of the molecule is CCN1CCN(c2ccc(NC(=O)COC(=O)c3ccc(Cl)cc3Cl)cc2)CC1. The number of esters is 1. The maximum absolute atomic E-state index is 12.1. The minimum atomic E-state index is -0.677. The van der Waals surface area contributed by atoms with Crippen molar-refractivity contribution in [2.45, 2.75) is 6.92 Å². The van der Waals surface area contributed by atoms with E-state index in [4.69, 9.17) is 27.9 Å². The summed E-state index contributed by atoms with van der Waals surface area (Å²) >= 11 is 11.8. The molecule has 1 fully saturated rings. The third kappa shape index (κ3) is 5.85. The molecule has 1 aliphatic heterocycles. The molecule has 0 aliphatic carbocycles. The second-order valence-electron chi connectivity index (χ2n) is 6.72. The van der Waals surface area contributed by atoms with E-state index in [1.165, 1.54) is 18.2 Å². The van der Waals surface area contributed by atoms with Gasteiger partial charge in [-0.3, -0.25) is 4.79 Å². The Morgan fingerprint density at radius 2 is 1.72 bits per heavy atom. The Hall–Kier alpha value is -2.28. The fourth-order valence-corrected chi connectivity index (χ4v) is 3.62. The fourth-order valence-electron chi connectivity index (χ4n) is 3.14. The maximum atomic E-state index is 12.1. The first-order valence-corrected chi connectivity index (χ1v) is 10.2. The lowest BCUT2D eigenvalue weighted by atomic mass is 10.2. The first-order valence-electron chi connectivity index (χ1n) is 9.45. The number of hydrogen-bond acceptors (Lipinski definition) is 5. The molecule has 3 rings (SSSR count). The number of nitrogens with zero attached hydrogens (tertiary/aromatic N) is 2. The first-order chi connectivity index (χ1) is 14.0. The van der Waals surface area contributed by atoms with Gasteiger partial charge in [-0.1, -0.05) is 30.1 Å². The van der Waals surface area contributed by atoms with Crippen LogP contribution in [-0.2, 0) is 9.53 Å². The smallest absolute Gasteiger partial charge is 0.340 e. The van der Waals surface area contributed by atoms with Gasteiger partial charge in [-0.15, -0.1) is 0 Å². The van der Waals surface area contributed by atoms with Crippen molar-refractivity contribution in [2.24, 2.45) is 0 Å². The molecule has 6 nitrogen and oxygen atoms in total. The predicted molar refractivity (Wildman–Crippen MR) is 116 cm³/mol. The van der Waals surface area contributed by atoms with Gasteiger partial charge in [0.15, 0.2) is 6.61 Å². The van der Waals surface area contributed by atoms with Gasteiger partial charge in [0.25, 0.3) is 5.91 Å². The van der Waals surface area contributed by atoms with Gasteiger partial charge >= 0.3 is 5.97 Å². The number of ether oxygens (including phenoxy) is 1. The molecule has 1 N–H and O–H groups in total. The monoisotopic (exact) mass is 435 g/mol. The topological polar surface area (TPSA) is 61.9 Å². The van der Waals surface area contributed by atoms with E-state index in [9.17, 15) is 9.59 Å². The van der Waals surface area contributed by atoms with Gasteiger partial charge in [0, 0.05) is 42.6 Å². The highest BCUT2D eigenvalue weighted by Gasteiger charge is 2.16. The Balaban J connectivity index is 1.48. The third-order valence-electron chi connectivity index (χ3n) is 4.82. The molecule has 1 saturated heterocycles. The van der Waals surface area contributed by atoms with E-state index in [1.807, 2.05) is 24.3 Å². The molecule has 0 radical (unpaired) electrons. The van der Waals surface area contributed by atoms with E-state index in [2.05, 4.69) is 22.0 Å². The number of rotatable bonds is 6. The Labute approximate surface area is 180 Å². The van der Waals surface area contributed by atoms with Crippen LogP contribution in [0.25, 0.3) is 0 Å². The molecular formula is C21H23Cl2N3O3. The molecule has 0 aromatic heterocycles. The Kier molecular flexibility index (Phi) is 7.36. The van der Waals surface area contributed by atoms with Crippen LogP contribution in [0, 0.1) is 0 Å². The lowest BCUT2D eigenvalue weighted by Gasteiger charge is -2.35. The highest BCUT2D eigenvalue weighted by atomic mass is 35.5. The van der Waals surface area contributed by atoms with Crippen molar-refractivity contribution >= 4 is 46.5 Å². The number of nitrogens with one attached hydrogen (secondary N) is 1. The van der Waals surface area contributed by atoms with Crippen LogP contribution in [0.5, 0.6) is 0 Å². The van der Waals surface area contributed by atoms with Crippen LogP contribution in [0.1, 0.15) is 17.3 Å². The van der Waals surface area contributed by atoms with Crippen molar-refractivity contribution in [3.05, 3.63) is 58.1 Å². The van der Waals surface area contributed by atoms with Crippen molar-refractivity contribution in [2.75, 3.05) is 49.5 Å². The molecule has 0 atom stereocenters.